The molecule has 0 amide bonds. The monoisotopic (exact) mass is 327 g/mol. The first-order valence-electron chi connectivity index (χ1n) is 5.21. The van der Waals surface area contributed by atoms with Crippen molar-refractivity contribution in [3.63, 3.8) is 0 Å². The van der Waals surface area contributed by atoms with E-state index in [0.717, 1.165) is 15.7 Å². The summed E-state index contributed by atoms with van der Waals surface area (Å²) >= 11 is 9.29. The molecule has 0 saturated carbocycles. The summed E-state index contributed by atoms with van der Waals surface area (Å²) in [6.07, 6.45) is 0. The highest BCUT2D eigenvalue weighted by atomic mass is 79.9. The molecule has 18 heavy (non-hydrogen) atoms. The van der Waals surface area contributed by atoms with Crippen LogP contribution >= 0.6 is 27.5 Å². The van der Waals surface area contributed by atoms with E-state index < -0.39 is 0 Å². The van der Waals surface area contributed by atoms with Crippen molar-refractivity contribution in [3.05, 3.63) is 33.5 Å². The average Bonchev–Trinajstić information content (AvgIpc) is 2.34. The Labute approximate surface area is 118 Å². The number of halogens is 2. The van der Waals surface area contributed by atoms with Gasteiger partial charge in [0.15, 0.2) is 0 Å². The smallest absolute Gasteiger partial charge is 0.233 e. The van der Waals surface area contributed by atoms with Gasteiger partial charge in [-0.2, -0.15) is 15.0 Å². The molecule has 2 aromatic rings. The minimum Gasteiger partial charge on any atom is -0.357 e. The Bertz CT molecular complexity index is 575. The maximum absolute atomic E-state index is 5.81. The van der Waals surface area contributed by atoms with Crippen LogP contribution in [0, 0.1) is 6.92 Å². The maximum Gasteiger partial charge on any atom is 0.233 e. The molecular weight excluding hydrogens is 318 g/mol. The second kappa shape index (κ2) is 5.49. The van der Waals surface area contributed by atoms with Crippen molar-refractivity contribution >= 4 is 45.1 Å². The van der Waals surface area contributed by atoms with Crippen LogP contribution < -0.4 is 10.6 Å². The average molecular weight is 329 g/mol. The van der Waals surface area contributed by atoms with Gasteiger partial charge in [0.25, 0.3) is 0 Å². The first-order chi connectivity index (χ1) is 8.60. The van der Waals surface area contributed by atoms with Crippen LogP contribution in [0.2, 0.25) is 5.28 Å². The minimum atomic E-state index is 0.143. The predicted octanol–water partition coefficient (Wildman–Crippen LogP) is 3.38. The predicted molar refractivity (Wildman–Crippen MR) is 76.5 cm³/mol. The van der Waals surface area contributed by atoms with Gasteiger partial charge in [0.2, 0.25) is 17.2 Å². The fourth-order valence-electron chi connectivity index (χ4n) is 1.38. The summed E-state index contributed by atoms with van der Waals surface area (Å²) in [5.41, 5.74) is 1.98. The first-order valence-corrected chi connectivity index (χ1v) is 6.38. The molecule has 0 aliphatic carbocycles. The molecule has 0 radical (unpaired) electrons. The maximum atomic E-state index is 5.81. The number of nitrogens with one attached hydrogen (secondary N) is 2. The van der Waals surface area contributed by atoms with Crippen LogP contribution in [0.1, 0.15) is 5.56 Å². The molecule has 1 aromatic carbocycles. The molecule has 0 aliphatic heterocycles. The van der Waals surface area contributed by atoms with Crippen molar-refractivity contribution in [2.75, 3.05) is 17.7 Å². The molecule has 0 bridgehead atoms. The van der Waals surface area contributed by atoms with E-state index >= 15 is 0 Å². The van der Waals surface area contributed by atoms with Gasteiger partial charge in [0.05, 0.1) is 0 Å². The summed E-state index contributed by atoms with van der Waals surface area (Å²) < 4.78 is 1.02. The number of nitrogens with zero attached hydrogens (tertiary/aromatic N) is 3. The minimum absolute atomic E-state index is 0.143. The lowest BCUT2D eigenvalue weighted by Crippen LogP contribution is -2.04. The molecule has 0 atom stereocenters. The highest BCUT2D eigenvalue weighted by molar-refractivity contribution is 9.10. The van der Waals surface area contributed by atoms with Gasteiger partial charge < -0.3 is 10.6 Å². The van der Waals surface area contributed by atoms with Crippen LogP contribution in [0.5, 0.6) is 0 Å². The highest BCUT2D eigenvalue weighted by Gasteiger charge is 2.06. The molecule has 0 spiro atoms. The molecule has 7 heteroatoms. The Morgan fingerprint density at radius 2 is 1.89 bits per heavy atom. The number of anilines is 3. The Kier molecular flexibility index (Phi) is 3.98. The van der Waals surface area contributed by atoms with Gasteiger partial charge in [-0.3, -0.25) is 0 Å². The summed E-state index contributed by atoms with van der Waals surface area (Å²) in [7, 11) is 1.72. The van der Waals surface area contributed by atoms with Crippen LogP contribution in [-0.2, 0) is 0 Å². The van der Waals surface area contributed by atoms with Gasteiger partial charge in [-0.05, 0) is 36.2 Å². The molecule has 2 N–H and O–H groups in total. The van der Waals surface area contributed by atoms with Crippen molar-refractivity contribution in [3.8, 4) is 0 Å². The van der Waals surface area contributed by atoms with Crippen LogP contribution in [0.25, 0.3) is 0 Å². The van der Waals surface area contributed by atoms with E-state index in [1.807, 2.05) is 25.1 Å². The second-order valence-electron chi connectivity index (χ2n) is 3.54. The lowest BCUT2D eigenvalue weighted by molar-refractivity contribution is 1.05. The van der Waals surface area contributed by atoms with Gasteiger partial charge in [-0.25, -0.2) is 0 Å². The first kappa shape index (κ1) is 13.0. The summed E-state index contributed by atoms with van der Waals surface area (Å²) in [6, 6.07) is 5.85. The molecule has 94 valence electrons. The van der Waals surface area contributed by atoms with E-state index in [9.17, 15) is 0 Å². The number of benzene rings is 1. The number of rotatable bonds is 3. The van der Waals surface area contributed by atoms with Crippen molar-refractivity contribution in [2.45, 2.75) is 6.92 Å². The van der Waals surface area contributed by atoms with E-state index in [1.54, 1.807) is 7.05 Å². The van der Waals surface area contributed by atoms with E-state index in [1.165, 1.54) is 0 Å². The van der Waals surface area contributed by atoms with Gasteiger partial charge in [0.1, 0.15) is 0 Å². The standard InChI is InChI=1S/C11H11BrClN5/c1-6-7(12)4-3-5-8(6)15-11-17-9(13)16-10(14-2)18-11/h3-5H,1-2H3,(H2,14,15,16,17,18). The molecule has 2 rings (SSSR count). The zero-order chi connectivity index (χ0) is 13.1. The summed E-state index contributed by atoms with van der Waals surface area (Å²) in [6.45, 7) is 1.99. The summed E-state index contributed by atoms with van der Waals surface area (Å²) in [5, 5.41) is 6.08. The van der Waals surface area contributed by atoms with Crippen molar-refractivity contribution in [1.82, 2.24) is 15.0 Å². The quantitative estimate of drug-likeness (QED) is 0.904. The molecule has 1 aromatic heterocycles. The molecule has 1 heterocycles. The topological polar surface area (TPSA) is 62.7 Å². The van der Waals surface area contributed by atoms with Gasteiger partial charge in [-0.15, -0.1) is 0 Å². The van der Waals surface area contributed by atoms with Crippen LogP contribution in [0.15, 0.2) is 22.7 Å². The summed E-state index contributed by atoms with van der Waals surface area (Å²) in [5.74, 6) is 0.825. The fourth-order valence-corrected chi connectivity index (χ4v) is 1.91. The van der Waals surface area contributed by atoms with Gasteiger partial charge in [0, 0.05) is 17.2 Å². The highest BCUT2D eigenvalue weighted by Crippen LogP contribution is 2.25. The molecule has 0 unspecified atom stereocenters. The molecule has 0 fully saturated rings. The zero-order valence-electron chi connectivity index (χ0n) is 9.83. The normalized spacial score (nSPS) is 10.2. The number of hydrogen-bond acceptors (Lipinski definition) is 5. The third-order valence-electron chi connectivity index (χ3n) is 2.35. The van der Waals surface area contributed by atoms with E-state index in [0.29, 0.717) is 11.9 Å². The van der Waals surface area contributed by atoms with E-state index in [2.05, 4.69) is 41.5 Å². The zero-order valence-corrected chi connectivity index (χ0v) is 12.2. The van der Waals surface area contributed by atoms with E-state index in [-0.39, 0.29) is 5.28 Å². The third-order valence-corrected chi connectivity index (χ3v) is 3.37. The SMILES string of the molecule is CNc1nc(Cl)nc(Nc2cccc(Br)c2C)n1. The molecule has 0 aliphatic rings. The Balaban J connectivity index is 2.34. The van der Waals surface area contributed by atoms with Crippen LogP contribution in [0.3, 0.4) is 0 Å². The van der Waals surface area contributed by atoms with E-state index in [4.69, 9.17) is 11.6 Å². The van der Waals surface area contributed by atoms with Crippen molar-refractivity contribution in [1.29, 1.82) is 0 Å². The second-order valence-corrected chi connectivity index (χ2v) is 4.73. The van der Waals surface area contributed by atoms with Gasteiger partial charge in [-0.1, -0.05) is 22.0 Å². The Morgan fingerprint density at radius 1 is 1.17 bits per heavy atom. The Hall–Kier alpha value is -1.40. The lowest BCUT2D eigenvalue weighted by atomic mass is 10.2. The third kappa shape index (κ3) is 2.88. The number of hydrogen-bond donors (Lipinski definition) is 2. The lowest BCUT2D eigenvalue weighted by Gasteiger charge is -2.10. The number of aromatic nitrogens is 3. The van der Waals surface area contributed by atoms with Crippen LogP contribution in [-0.4, -0.2) is 22.0 Å². The fraction of sp³-hybridized carbons (Fsp3) is 0.182. The molecular formula is C11H11BrClN5. The Morgan fingerprint density at radius 3 is 2.61 bits per heavy atom. The van der Waals surface area contributed by atoms with Crippen molar-refractivity contribution in [2.24, 2.45) is 0 Å². The molecule has 0 saturated heterocycles. The largest absolute Gasteiger partial charge is 0.357 e. The van der Waals surface area contributed by atoms with Crippen LogP contribution in [0.4, 0.5) is 17.6 Å². The molecule has 5 nitrogen and oxygen atoms in total. The van der Waals surface area contributed by atoms with Gasteiger partial charge >= 0.3 is 0 Å². The van der Waals surface area contributed by atoms with Crippen molar-refractivity contribution < 1.29 is 0 Å². The summed E-state index contributed by atoms with van der Waals surface area (Å²) in [4.78, 5) is 12.1.